The average molecular weight is 387 g/mol. The SMILES string of the molecule is CCCCCCCCCCCCCCCCC(O)CSc1nncs1. The topological polar surface area (TPSA) is 46.0 Å². The minimum atomic E-state index is -0.203. The molecule has 1 aromatic heterocycles. The summed E-state index contributed by atoms with van der Waals surface area (Å²) < 4.78 is 0.958. The predicted molar refractivity (Wildman–Crippen MR) is 112 cm³/mol. The number of hydrogen-bond donors (Lipinski definition) is 1. The van der Waals surface area contributed by atoms with Crippen LogP contribution in [-0.4, -0.2) is 27.2 Å². The number of aliphatic hydroxyl groups excluding tert-OH is 1. The van der Waals surface area contributed by atoms with E-state index in [-0.39, 0.29) is 6.10 Å². The molecule has 1 N–H and O–H groups in total. The Hall–Kier alpha value is -0.130. The Kier molecular flexibility index (Phi) is 15.8. The highest BCUT2D eigenvalue weighted by Crippen LogP contribution is 2.21. The van der Waals surface area contributed by atoms with Crippen molar-refractivity contribution in [1.82, 2.24) is 10.2 Å². The normalized spacial score (nSPS) is 12.6. The fourth-order valence-electron chi connectivity index (χ4n) is 3.05. The Morgan fingerprint density at radius 1 is 0.880 bits per heavy atom. The molecule has 0 aliphatic carbocycles. The number of unbranched alkanes of at least 4 members (excludes halogenated alkanes) is 13. The van der Waals surface area contributed by atoms with Gasteiger partial charge in [0.05, 0.1) is 6.10 Å². The first kappa shape index (κ1) is 22.9. The fraction of sp³-hybridized carbons (Fsp3) is 0.900. The summed E-state index contributed by atoms with van der Waals surface area (Å²) in [5, 5.41) is 17.8. The number of rotatable bonds is 18. The lowest BCUT2D eigenvalue weighted by Gasteiger charge is -2.08. The highest BCUT2D eigenvalue weighted by molar-refractivity contribution is 8.01. The summed E-state index contributed by atoms with van der Waals surface area (Å²) in [6.45, 7) is 2.28. The molecule has 1 aromatic rings. The Morgan fingerprint density at radius 3 is 1.88 bits per heavy atom. The zero-order valence-electron chi connectivity index (χ0n) is 16.1. The molecule has 1 rings (SSSR count). The summed E-state index contributed by atoms with van der Waals surface area (Å²) in [7, 11) is 0. The van der Waals surface area contributed by atoms with E-state index in [4.69, 9.17) is 0 Å². The molecule has 0 aromatic carbocycles. The van der Waals surface area contributed by atoms with Crippen LogP contribution in [0.4, 0.5) is 0 Å². The molecule has 1 heterocycles. The molecule has 0 saturated carbocycles. The van der Waals surface area contributed by atoms with Crippen molar-refractivity contribution in [3.05, 3.63) is 5.51 Å². The molecule has 5 heteroatoms. The number of nitrogens with zero attached hydrogens (tertiary/aromatic N) is 2. The molecule has 3 nitrogen and oxygen atoms in total. The van der Waals surface area contributed by atoms with Gasteiger partial charge in [-0.25, -0.2) is 0 Å². The second kappa shape index (κ2) is 17.3. The van der Waals surface area contributed by atoms with E-state index in [1.165, 1.54) is 83.5 Å². The molecular formula is C20H38N2OS2. The van der Waals surface area contributed by atoms with Gasteiger partial charge in [0.1, 0.15) is 5.51 Å². The quantitative estimate of drug-likeness (QED) is 0.221. The maximum atomic E-state index is 9.97. The van der Waals surface area contributed by atoms with Crippen molar-refractivity contribution in [2.24, 2.45) is 0 Å². The van der Waals surface area contributed by atoms with Crippen molar-refractivity contribution < 1.29 is 5.11 Å². The van der Waals surface area contributed by atoms with Crippen LogP contribution in [0.2, 0.25) is 0 Å². The van der Waals surface area contributed by atoms with Crippen LogP contribution in [-0.2, 0) is 0 Å². The standard InChI is InChI=1S/C20H38N2OS2/c1-2-3-4-5-6-7-8-9-10-11-12-13-14-15-16-19(23)17-24-20-22-21-18-25-20/h18-19,23H,2-17H2,1H3. The summed E-state index contributed by atoms with van der Waals surface area (Å²) in [6.07, 6.45) is 20.0. The Morgan fingerprint density at radius 2 is 1.40 bits per heavy atom. The smallest absolute Gasteiger partial charge is 0.174 e. The van der Waals surface area contributed by atoms with Gasteiger partial charge in [0.15, 0.2) is 4.34 Å². The van der Waals surface area contributed by atoms with Crippen LogP contribution in [0.25, 0.3) is 0 Å². The molecule has 25 heavy (non-hydrogen) atoms. The van der Waals surface area contributed by atoms with Crippen molar-refractivity contribution in [3.8, 4) is 0 Å². The minimum Gasteiger partial charge on any atom is -0.392 e. The summed E-state index contributed by atoms with van der Waals surface area (Å²) in [5.74, 6) is 0.744. The molecule has 0 spiro atoms. The monoisotopic (exact) mass is 386 g/mol. The van der Waals surface area contributed by atoms with Crippen molar-refractivity contribution >= 4 is 23.1 Å². The van der Waals surface area contributed by atoms with Gasteiger partial charge in [-0.15, -0.1) is 10.2 Å². The third-order valence-corrected chi connectivity index (χ3v) is 6.64. The average Bonchev–Trinajstić information content (AvgIpc) is 3.14. The molecule has 1 atom stereocenters. The van der Waals surface area contributed by atoms with E-state index in [0.29, 0.717) is 0 Å². The summed E-state index contributed by atoms with van der Waals surface area (Å²) in [4.78, 5) is 0. The molecule has 0 amide bonds. The molecule has 0 bridgehead atoms. The van der Waals surface area contributed by atoms with Gasteiger partial charge in [0.25, 0.3) is 0 Å². The molecule has 0 aliphatic heterocycles. The number of thioether (sulfide) groups is 1. The Labute approximate surface area is 163 Å². The van der Waals surface area contributed by atoms with Gasteiger partial charge in [-0.1, -0.05) is 120 Å². The predicted octanol–water partition coefficient (Wildman–Crippen LogP) is 6.86. The first-order valence-electron chi connectivity index (χ1n) is 10.4. The zero-order valence-corrected chi connectivity index (χ0v) is 17.8. The van der Waals surface area contributed by atoms with Crippen LogP contribution in [0.15, 0.2) is 9.85 Å². The summed E-state index contributed by atoms with van der Waals surface area (Å²) >= 11 is 3.16. The van der Waals surface area contributed by atoms with Gasteiger partial charge in [0, 0.05) is 5.75 Å². The highest BCUT2D eigenvalue weighted by Gasteiger charge is 2.06. The zero-order chi connectivity index (χ0) is 18.0. The lowest BCUT2D eigenvalue weighted by molar-refractivity contribution is 0.185. The van der Waals surface area contributed by atoms with Gasteiger partial charge in [-0.05, 0) is 6.42 Å². The van der Waals surface area contributed by atoms with E-state index in [1.807, 2.05) is 0 Å². The molecule has 0 aliphatic rings. The van der Waals surface area contributed by atoms with E-state index in [0.717, 1.165) is 22.9 Å². The minimum absolute atomic E-state index is 0.203. The largest absolute Gasteiger partial charge is 0.392 e. The maximum absolute atomic E-state index is 9.97. The van der Waals surface area contributed by atoms with Crippen molar-refractivity contribution in [3.63, 3.8) is 0 Å². The Bertz CT molecular complexity index is 374. The third kappa shape index (κ3) is 14.7. The fourth-order valence-corrected chi connectivity index (χ4v) is 4.54. The van der Waals surface area contributed by atoms with Crippen LogP contribution in [0.1, 0.15) is 103 Å². The van der Waals surface area contributed by atoms with Gasteiger partial charge in [0.2, 0.25) is 0 Å². The van der Waals surface area contributed by atoms with Gasteiger partial charge in [-0.2, -0.15) is 0 Å². The first-order valence-corrected chi connectivity index (χ1v) is 12.3. The van der Waals surface area contributed by atoms with Gasteiger partial charge < -0.3 is 5.11 Å². The maximum Gasteiger partial charge on any atom is 0.174 e. The third-order valence-electron chi connectivity index (χ3n) is 4.63. The van der Waals surface area contributed by atoms with Crippen molar-refractivity contribution in [1.29, 1.82) is 0 Å². The Balaban J connectivity index is 1.74. The van der Waals surface area contributed by atoms with E-state index in [9.17, 15) is 5.11 Å². The van der Waals surface area contributed by atoms with Crippen LogP contribution in [0, 0.1) is 0 Å². The summed E-state index contributed by atoms with van der Waals surface area (Å²) in [6, 6.07) is 0. The van der Waals surface area contributed by atoms with Gasteiger partial charge >= 0.3 is 0 Å². The van der Waals surface area contributed by atoms with E-state index < -0.39 is 0 Å². The van der Waals surface area contributed by atoms with E-state index in [1.54, 1.807) is 28.6 Å². The molecule has 146 valence electrons. The second-order valence-electron chi connectivity index (χ2n) is 7.05. The highest BCUT2D eigenvalue weighted by atomic mass is 32.2. The van der Waals surface area contributed by atoms with Crippen LogP contribution >= 0.6 is 23.1 Å². The lowest BCUT2D eigenvalue weighted by atomic mass is 10.0. The number of hydrogen-bond acceptors (Lipinski definition) is 5. The molecule has 0 radical (unpaired) electrons. The molecule has 0 saturated heterocycles. The summed E-state index contributed by atoms with van der Waals surface area (Å²) in [5.41, 5.74) is 1.74. The van der Waals surface area contributed by atoms with E-state index in [2.05, 4.69) is 17.1 Å². The molecule has 1 unspecified atom stereocenters. The van der Waals surface area contributed by atoms with E-state index >= 15 is 0 Å². The first-order chi connectivity index (χ1) is 12.3. The lowest BCUT2D eigenvalue weighted by Crippen LogP contribution is -2.09. The molecular weight excluding hydrogens is 348 g/mol. The van der Waals surface area contributed by atoms with Crippen LogP contribution in [0.3, 0.4) is 0 Å². The second-order valence-corrected chi connectivity index (χ2v) is 9.15. The number of aliphatic hydroxyl groups is 1. The van der Waals surface area contributed by atoms with Gasteiger partial charge in [-0.3, -0.25) is 0 Å². The number of aromatic nitrogens is 2. The van der Waals surface area contributed by atoms with Crippen LogP contribution in [0.5, 0.6) is 0 Å². The molecule has 0 fully saturated rings. The van der Waals surface area contributed by atoms with Crippen molar-refractivity contribution in [2.45, 2.75) is 114 Å². The van der Waals surface area contributed by atoms with Crippen molar-refractivity contribution in [2.75, 3.05) is 5.75 Å². The van der Waals surface area contributed by atoms with Crippen LogP contribution < -0.4 is 0 Å².